The van der Waals surface area contributed by atoms with Gasteiger partial charge in [0.05, 0.1) is 0 Å². The normalized spacial score (nSPS) is 11.6. The smallest absolute Gasteiger partial charge is 0.202 e. The highest BCUT2D eigenvalue weighted by Crippen LogP contribution is 2.19. The molecule has 0 aliphatic rings. The van der Waals surface area contributed by atoms with E-state index in [1.807, 2.05) is 10.6 Å². The van der Waals surface area contributed by atoms with Crippen molar-refractivity contribution in [2.45, 2.75) is 26.8 Å². The van der Waals surface area contributed by atoms with E-state index in [0.29, 0.717) is 5.95 Å². The lowest BCUT2D eigenvalue weighted by molar-refractivity contribution is 0.294. The zero-order valence-corrected chi connectivity index (χ0v) is 13.0. The quantitative estimate of drug-likeness (QED) is 0.886. The molecule has 0 amide bonds. The van der Waals surface area contributed by atoms with E-state index in [1.54, 1.807) is 6.20 Å². The molecule has 0 spiro atoms. The van der Waals surface area contributed by atoms with Crippen LogP contribution in [0.4, 0.5) is 5.95 Å². The molecule has 2 aromatic rings. The van der Waals surface area contributed by atoms with Crippen LogP contribution in [-0.4, -0.2) is 39.1 Å². The number of pyridine rings is 1. The maximum atomic E-state index is 5.97. The first-order valence-corrected chi connectivity index (χ1v) is 7.44. The Morgan fingerprint density at radius 1 is 1.37 bits per heavy atom. The van der Waals surface area contributed by atoms with Gasteiger partial charge in [-0.2, -0.15) is 0 Å². The summed E-state index contributed by atoms with van der Waals surface area (Å²) in [6, 6.07) is 1.94. The maximum Gasteiger partial charge on any atom is 0.202 e. The molecular weight excluding hydrogens is 306 g/mol. The van der Waals surface area contributed by atoms with E-state index in [1.165, 1.54) is 0 Å². The van der Waals surface area contributed by atoms with Crippen LogP contribution in [0.3, 0.4) is 0 Å². The number of aryl methyl sites for hydroxylation is 1. The summed E-state index contributed by atoms with van der Waals surface area (Å²) in [6.07, 6.45) is 2.83. The predicted octanol–water partition coefficient (Wildman–Crippen LogP) is 2.51. The number of halogens is 1. The zero-order valence-electron chi connectivity index (χ0n) is 11.4. The number of nitrogen functional groups attached to an aromatic ring is 1. The summed E-state index contributed by atoms with van der Waals surface area (Å²) in [6.45, 7) is 8.47. The van der Waals surface area contributed by atoms with Gasteiger partial charge in [0.1, 0.15) is 5.52 Å². The predicted molar refractivity (Wildman–Crippen MR) is 82.0 cm³/mol. The molecule has 0 aromatic carbocycles. The Bertz CT molecular complexity index is 547. The van der Waals surface area contributed by atoms with Crippen LogP contribution in [-0.2, 0) is 6.54 Å². The lowest BCUT2D eigenvalue weighted by Crippen LogP contribution is -2.25. The van der Waals surface area contributed by atoms with Crippen molar-refractivity contribution in [3.05, 3.63) is 16.7 Å². The van der Waals surface area contributed by atoms with Gasteiger partial charge in [0.2, 0.25) is 5.95 Å². The first-order chi connectivity index (χ1) is 9.15. The lowest BCUT2D eigenvalue weighted by Gasteiger charge is -2.17. The third-order valence-electron chi connectivity index (χ3n) is 3.33. The van der Waals surface area contributed by atoms with Gasteiger partial charge >= 0.3 is 0 Å². The number of aromatic nitrogens is 3. The Morgan fingerprint density at radius 2 is 2.11 bits per heavy atom. The highest BCUT2D eigenvalue weighted by Gasteiger charge is 2.09. The van der Waals surface area contributed by atoms with Crippen LogP contribution in [0.5, 0.6) is 0 Å². The Hall–Kier alpha value is -1.14. The van der Waals surface area contributed by atoms with Crippen molar-refractivity contribution >= 4 is 33.0 Å². The molecule has 0 radical (unpaired) electrons. The van der Waals surface area contributed by atoms with Crippen LogP contribution in [0.1, 0.15) is 20.3 Å². The minimum absolute atomic E-state index is 0.542. The molecule has 2 N–H and O–H groups in total. The van der Waals surface area contributed by atoms with E-state index in [2.05, 4.69) is 44.6 Å². The van der Waals surface area contributed by atoms with Gasteiger partial charge in [0.25, 0.3) is 0 Å². The van der Waals surface area contributed by atoms with Crippen molar-refractivity contribution in [1.82, 2.24) is 19.4 Å². The third kappa shape index (κ3) is 3.25. The molecule has 0 saturated heterocycles. The molecule has 104 valence electrons. The van der Waals surface area contributed by atoms with E-state index in [4.69, 9.17) is 5.73 Å². The molecule has 0 atom stereocenters. The average Bonchev–Trinajstić information content (AvgIpc) is 2.70. The Labute approximate surface area is 121 Å². The second-order valence-corrected chi connectivity index (χ2v) is 5.41. The SMILES string of the molecule is CCN(CC)CCCn1c(N)nc2cc(Br)cnc21. The van der Waals surface area contributed by atoms with Gasteiger partial charge in [0, 0.05) is 17.2 Å². The van der Waals surface area contributed by atoms with Gasteiger partial charge in [-0.3, -0.25) is 4.57 Å². The maximum absolute atomic E-state index is 5.97. The highest BCUT2D eigenvalue weighted by molar-refractivity contribution is 9.10. The van der Waals surface area contributed by atoms with Crippen molar-refractivity contribution in [2.24, 2.45) is 0 Å². The van der Waals surface area contributed by atoms with Crippen molar-refractivity contribution in [3.63, 3.8) is 0 Å². The van der Waals surface area contributed by atoms with Gasteiger partial charge in [0.15, 0.2) is 5.65 Å². The minimum Gasteiger partial charge on any atom is -0.369 e. The standard InChI is InChI=1S/C13H20BrN5/c1-3-18(4-2)6-5-7-19-12-11(17-13(19)15)8-10(14)9-16-12/h8-9H,3-7H2,1-2H3,(H2,15,17). The summed E-state index contributed by atoms with van der Waals surface area (Å²) in [4.78, 5) is 11.1. The van der Waals surface area contributed by atoms with Gasteiger partial charge < -0.3 is 10.6 Å². The fourth-order valence-corrected chi connectivity index (χ4v) is 2.54. The van der Waals surface area contributed by atoms with Crippen molar-refractivity contribution < 1.29 is 0 Å². The minimum atomic E-state index is 0.542. The largest absolute Gasteiger partial charge is 0.369 e. The second kappa shape index (κ2) is 6.34. The molecule has 2 rings (SSSR count). The summed E-state index contributed by atoms with van der Waals surface area (Å²) in [5.74, 6) is 0.542. The first kappa shape index (κ1) is 14.3. The van der Waals surface area contributed by atoms with Crippen LogP contribution < -0.4 is 5.73 Å². The van der Waals surface area contributed by atoms with Crippen LogP contribution in [0.15, 0.2) is 16.7 Å². The number of nitrogens with two attached hydrogens (primary N) is 1. The highest BCUT2D eigenvalue weighted by atomic mass is 79.9. The van der Waals surface area contributed by atoms with Crippen molar-refractivity contribution in [2.75, 3.05) is 25.4 Å². The number of hydrogen-bond acceptors (Lipinski definition) is 4. The number of fused-ring (bicyclic) bond motifs is 1. The van der Waals surface area contributed by atoms with E-state index in [9.17, 15) is 0 Å². The fraction of sp³-hybridized carbons (Fsp3) is 0.538. The molecule has 0 saturated carbocycles. The number of nitrogens with zero attached hydrogens (tertiary/aromatic N) is 4. The molecule has 0 aliphatic carbocycles. The van der Waals surface area contributed by atoms with Gasteiger partial charge in [-0.1, -0.05) is 13.8 Å². The fourth-order valence-electron chi connectivity index (χ4n) is 2.22. The molecule has 0 aliphatic heterocycles. The molecule has 2 aromatic heterocycles. The molecule has 0 bridgehead atoms. The van der Waals surface area contributed by atoms with Crippen molar-refractivity contribution in [3.8, 4) is 0 Å². The van der Waals surface area contributed by atoms with Crippen LogP contribution in [0, 0.1) is 0 Å². The monoisotopic (exact) mass is 325 g/mol. The van der Waals surface area contributed by atoms with Crippen LogP contribution in [0.2, 0.25) is 0 Å². The molecular formula is C13H20BrN5. The Kier molecular flexibility index (Phi) is 4.76. The Morgan fingerprint density at radius 3 is 2.79 bits per heavy atom. The summed E-state index contributed by atoms with van der Waals surface area (Å²) in [5.41, 5.74) is 7.67. The van der Waals surface area contributed by atoms with E-state index in [0.717, 1.165) is 48.2 Å². The van der Waals surface area contributed by atoms with E-state index >= 15 is 0 Å². The Balaban J connectivity index is 2.10. The topological polar surface area (TPSA) is 60.0 Å². The van der Waals surface area contributed by atoms with Crippen LogP contribution >= 0.6 is 15.9 Å². The van der Waals surface area contributed by atoms with Crippen LogP contribution in [0.25, 0.3) is 11.2 Å². The summed E-state index contributed by atoms with van der Waals surface area (Å²) in [7, 11) is 0. The molecule has 0 unspecified atom stereocenters. The summed E-state index contributed by atoms with van der Waals surface area (Å²) >= 11 is 3.40. The number of hydrogen-bond donors (Lipinski definition) is 1. The summed E-state index contributed by atoms with van der Waals surface area (Å²) in [5, 5.41) is 0. The lowest BCUT2D eigenvalue weighted by atomic mass is 10.3. The molecule has 19 heavy (non-hydrogen) atoms. The molecule has 5 nitrogen and oxygen atoms in total. The number of rotatable bonds is 6. The first-order valence-electron chi connectivity index (χ1n) is 6.65. The van der Waals surface area contributed by atoms with E-state index < -0.39 is 0 Å². The van der Waals surface area contributed by atoms with Gasteiger partial charge in [-0.25, -0.2) is 9.97 Å². The summed E-state index contributed by atoms with van der Waals surface area (Å²) < 4.78 is 2.92. The van der Waals surface area contributed by atoms with E-state index in [-0.39, 0.29) is 0 Å². The second-order valence-electron chi connectivity index (χ2n) is 4.50. The average molecular weight is 326 g/mol. The number of imidazole rings is 1. The van der Waals surface area contributed by atoms with Crippen molar-refractivity contribution in [1.29, 1.82) is 0 Å². The zero-order chi connectivity index (χ0) is 13.8. The van der Waals surface area contributed by atoms with Gasteiger partial charge in [-0.15, -0.1) is 0 Å². The molecule has 0 fully saturated rings. The number of anilines is 1. The van der Waals surface area contributed by atoms with Gasteiger partial charge in [-0.05, 0) is 48.1 Å². The third-order valence-corrected chi connectivity index (χ3v) is 3.77. The molecule has 2 heterocycles. The molecule has 6 heteroatoms.